The first kappa shape index (κ1) is 10.8. The molecular weight excluding hydrogens is 208 g/mol. The van der Waals surface area contributed by atoms with Crippen molar-refractivity contribution in [2.45, 2.75) is 32.3 Å². The van der Waals surface area contributed by atoms with Crippen molar-refractivity contribution in [2.24, 2.45) is 5.41 Å². The summed E-state index contributed by atoms with van der Waals surface area (Å²) in [7, 11) is 0. The number of fused-ring (bicyclic) bond motifs is 1. The molecule has 0 aromatic heterocycles. The van der Waals surface area contributed by atoms with E-state index < -0.39 is 5.60 Å². The van der Waals surface area contributed by atoms with Gasteiger partial charge in [-0.2, -0.15) is 0 Å². The second-order valence-corrected chi connectivity index (χ2v) is 5.66. The minimum atomic E-state index is -0.728. The van der Waals surface area contributed by atoms with Gasteiger partial charge in [-0.1, -0.05) is 49.4 Å². The highest BCUT2D eigenvalue weighted by molar-refractivity contribution is 5.86. The van der Waals surface area contributed by atoms with Gasteiger partial charge in [0.25, 0.3) is 0 Å². The summed E-state index contributed by atoms with van der Waals surface area (Å²) in [5.74, 6) is 0. The molecule has 1 nitrogen and oxygen atoms in total. The Kier molecular flexibility index (Phi) is 2.11. The average Bonchev–Trinajstić information content (AvgIpc) is 3.08. The molecule has 0 amide bonds. The topological polar surface area (TPSA) is 20.2 Å². The largest absolute Gasteiger partial charge is 0.385 e. The molecular formula is C16H18O. The van der Waals surface area contributed by atoms with Gasteiger partial charge in [0.15, 0.2) is 0 Å². The summed E-state index contributed by atoms with van der Waals surface area (Å²) in [6.45, 7) is 4.14. The highest BCUT2D eigenvalue weighted by atomic mass is 16.3. The molecule has 2 aromatic rings. The SMILES string of the molecule is CC1(C(C)(O)c2cccc3ccccc23)CC1. The number of rotatable bonds is 2. The molecule has 3 rings (SSSR count). The molecule has 0 bridgehead atoms. The van der Waals surface area contributed by atoms with Crippen LogP contribution in [0.25, 0.3) is 10.8 Å². The summed E-state index contributed by atoms with van der Waals surface area (Å²) in [5.41, 5.74) is 0.390. The number of aliphatic hydroxyl groups is 1. The minimum Gasteiger partial charge on any atom is -0.385 e. The first-order valence-electron chi connectivity index (χ1n) is 6.25. The van der Waals surface area contributed by atoms with Gasteiger partial charge < -0.3 is 5.11 Å². The monoisotopic (exact) mass is 226 g/mol. The van der Waals surface area contributed by atoms with Crippen LogP contribution in [0.3, 0.4) is 0 Å². The first-order chi connectivity index (χ1) is 8.05. The zero-order chi connectivity index (χ0) is 12.1. The first-order valence-corrected chi connectivity index (χ1v) is 6.25. The second kappa shape index (κ2) is 3.33. The molecule has 1 fully saturated rings. The Morgan fingerprint density at radius 1 is 1.06 bits per heavy atom. The standard InChI is InChI=1S/C16H18O/c1-15(10-11-15)16(2,17)14-9-5-7-12-6-3-4-8-13(12)14/h3-9,17H,10-11H2,1-2H3. The van der Waals surface area contributed by atoms with Crippen LogP contribution in [-0.2, 0) is 5.60 Å². The van der Waals surface area contributed by atoms with E-state index in [1.807, 2.05) is 25.1 Å². The van der Waals surface area contributed by atoms with Crippen LogP contribution in [0.15, 0.2) is 42.5 Å². The van der Waals surface area contributed by atoms with Crippen molar-refractivity contribution in [3.8, 4) is 0 Å². The third kappa shape index (κ3) is 1.49. The van der Waals surface area contributed by atoms with Gasteiger partial charge in [0.1, 0.15) is 0 Å². The van der Waals surface area contributed by atoms with E-state index in [4.69, 9.17) is 0 Å². The fourth-order valence-electron chi connectivity index (χ4n) is 2.65. The maximum absolute atomic E-state index is 10.9. The van der Waals surface area contributed by atoms with E-state index in [-0.39, 0.29) is 5.41 Å². The average molecular weight is 226 g/mol. The summed E-state index contributed by atoms with van der Waals surface area (Å²) >= 11 is 0. The van der Waals surface area contributed by atoms with Gasteiger partial charge in [-0.3, -0.25) is 0 Å². The zero-order valence-electron chi connectivity index (χ0n) is 10.4. The minimum absolute atomic E-state index is 0.0527. The van der Waals surface area contributed by atoms with Crippen molar-refractivity contribution >= 4 is 10.8 Å². The van der Waals surface area contributed by atoms with E-state index in [2.05, 4.69) is 31.2 Å². The molecule has 1 aliphatic carbocycles. The van der Waals surface area contributed by atoms with Crippen LogP contribution in [0.5, 0.6) is 0 Å². The van der Waals surface area contributed by atoms with Gasteiger partial charge in [-0.05, 0) is 36.1 Å². The molecule has 2 aromatic carbocycles. The predicted molar refractivity (Wildman–Crippen MR) is 70.9 cm³/mol. The lowest BCUT2D eigenvalue weighted by Gasteiger charge is -2.32. The fraction of sp³-hybridized carbons (Fsp3) is 0.375. The maximum Gasteiger partial charge on any atom is 0.0927 e. The van der Waals surface area contributed by atoms with E-state index in [0.29, 0.717) is 0 Å². The summed E-state index contributed by atoms with van der Waals surface area (Å²) in [5, 5.41) is 13.3. The van der Waals surface area contributed by atoms with Crippen LogP contribution in [-0.4, -0.2) is 5.11 Å². The lowest BCUT2D eigenvalue weighted by Crippen LogP contribution is -2.31. The van der Waals surface area contributed by atoms with Gasteiger partial charge >= 0.3 is 0 Å². The highest BCUT2D eigenvalue weighted by Gasteiger charge is 2.53. The number of benzene rings is 2. The lowest BCUT2D eigenvalue weighted by molar-refractivity contribution is -0.0112. The third-order valence-corrected chi connectivity index (χ3v) is 4.49. The highest BCUT2D eigenvalue weighted by Crippen LogP contribution is 2.58. The smallest absolute Gasteiger partial charge is 0.0927 e. The molecule has 1 heteroatoms. The number of hydrogen-bond donors (Lipinski definition) is 1. The molecule has 0 heterocycles. The van der Waals surface area contributed by atoms with Crippen molar-refractivity contribution in [1.29, 1.82) is 0 Å². The predicted octanol–water partition coefficient (Wildman–Crippen LogP) is 3.85. The third-order valence-electron chi connectivity index (χ3n) is 4.49. The van der Waals surface area contributed by atoms with Gasteiger partial charge in [0.05, 0.1) is 5.60 Å². The molecule has 88 valence electrons. The molecule has 1 saturated carbocycles. The summed E-state index contributed by atoms with van der Waals surface area (Å²) in [6.07, 6.45) is 2.23. The number of hydrogen-bond acceptors (Lipinski definition) is 1. The Morgan fingerprint density at radius 3 is 2.41 bits per heavy atom. The van der Waals surface area contributed by atoms with Crippen molar-refractivity contribution in [3.05, 3.63) is 48.0 Å². The quantitative estimate of drug-likeness (QED) is 0.824. The lowest BCUT2D eigenvalue weighted by atomic mass is 9.79. The van der Waals surface area contributed by atoms with Gasteiger partial charge in [0, 0.05) is 5.41 Å². The van der Waals surface area contributed by atoms with E-state index in [9.17, 15) is 5.11 Å². The zero-order valence-corrected chi connectivity index (χ0v) is 10.4. The summed E-state index contributed by atoms with van der Waals surface area (Å²) in [6, 6.07) is 14.5. The van der Waals surface area contributed by atoms with E-state index in [0.717, 1.165) is 18.4 Å². The Morgan fingerprint density at radius 2 is 1.71 bits per heavy atom. The molecule has 0 saturated heterocycles. The van der Waals surface area contributed by atoms with Gasteiger partial charge in [0.2, 0.25) is 0 Å². The van der Waals surface area contributed by atoms with E-state index in [1.54, 1.807) is 0 Å². The molecule has 0 spiro atoms. The Hall–Kier alpha value is -1.34. The second-order valence-electron chi connectivity index (χ2n) is 5.66. The molecule has 1 N–H and O–H groups in total. The van der Waals surface area contributed by atoms with Crippen LogP contribution < -0.4 is 0 Å². The Balaban J connectivity index is 2.24. The van der Waals surface area contributed by atoms with Crippen LogP contribution >= 0.6 is 0 Å². The van der Waals surface area contributed by atoms with Crippen LogP contribution in [0.4, 0.5) is 0 Å². The molecule has 17 heavy (non-hydrogen) atoms. The van der Waals surface area contributed by atoms with Crippen LogP contribution in [0.1, 0.15) is 32.3 Å². The van der Waals surface area contributed by atoms with Crippen LogP contribution in [0, 0.1) is 5.41 Å². The van der Waals surface area contributed by atoms with Gasteiger partial charge in [-0.15, -0.1) is 0 Å². The van der Waals surface area contributed by atoms with Crippen molar-refractivity contribution in [3.63, 3.8) is 0 Å². The van der Waals surface area contributed by atoms with Crippen LogP contribution in [0.2, 0.25) is 0 Å². The van der Waals surface area contributed by atoms with E-state index in [1.165, 1.54) is 10.8 Å². The van der Waals surface area contributed by atoms with Crippen molar-refractivity contribution < 1.29 is 5.11 Å². The van der Waals surface area contributed by atoms with Gasteiger partial charge in [-0.25, -0.2) is 0 Å². The van der Waals surface area contributed by atoms with E-state index >= 15 is 0 Å². The Bertz CT molecular complexity index is 559. The van der Waals surface area contributed by atoms with Crippen molar-refractivity contribution in [2.75, 3.05) is 0 Å². The Labute approximate surface area is 102 Å². The maximum atomic E-state index is 10.9. The normalized spacial score (nSPS) is 21.1. The summed E-state index contributed by atoms with van der Waals surface area (Å²) in [4.78, 5) is 0. The molecule has 0 aliphatic heterocycles. The fourth-order valence-corrected chi connectivity index (χ4v) is 2.65. The van der Waals surface area contributed by atoms with Crippen molar-refractivity contribution in [1.82, 2.24) is 0 Å². The molecule has 1 atom stereocenters. The molecule has 0 radical (unpaired) electrons. The summed E-state index contributed by atoms with van der Waals surface area (Å²) < 4.78 is 0. The molecule has 1 unspecified atom stereocenters. The molecule has 1 aliphatic rings.